The average Bonchev–Trinajstić information content (AvgIpc) is 2.98. The van der Waals surface area contributed by atoms with E-state index >= 15 is 0 Å². The van der Waals surface area contributed by atoms with Gasteiger partial charge in [0, 0.05) is 24.7 Å². The van der Waals surface area contributed by atoms with Crippen molar-refractivity contribution < 1.29 is 14.3 Å². The molecule has 0 aliphatic carbocycles. The molecule has 1 aromatic carbocycles. The Morgan fingerprint density at radius 1 is 1.31 bits per heavy atom. The van der Waals surface area contributed by atoms with Crippen LogP contribution in [0.3, 0.4) is 0 Å². The summed E-state index contributed by atoms with van der Waals surface area (Å²) >= 11 is 1.46. The fourth-order valence-electron chi connectivity index (χ4n) is 3.21. The van der Waals surface area contributed by atoms with Gasteiger partial charge in [-0.25, -0.2) is 0 Å². The van der Waals surface area contributed by atoms with Crippen LogP contribution in [-0.2, 0) is 4.79 Å². The lowest BCUT2D eigenvalue weighted by molar-refractivity contribution is -0.113. The van der Waals surface area contributed by atoms with E-state index in [1.54, 1.807) is 0 Å². The zero-order valence-electron chi connectivity index (χ0n) is 15.7. The first-order valence-corrected chi connectivity index (χ1v) is 10.1. The summed E-state index contributed by atoms with van der Waals surface area (Å²) < 4.78 is 11.3. The fraction of sp³-hybridized carbons (Fsp3) is 0.500. The summed E-state index contributed by atoms with van der Waals surface area (Å²) in [5.41, 5.74) is 0.870. The predicted octanol–water partition coefficient (Wildman–Crippen LogP) is 4.19. The molecule has 0 aromatic heterocycles. The van der Waals surface area contributed by atoms with Crippen molar-refractivity contribution in [1.29, 1.82) is 0 Å². The highest BCUT2D eigenvalue weighted by Gasteiger charge is 2.28. The summed E-state index contributed by atoms with van der Waals surface area (Å²) in [4.78, 5) is 19.5. The van der Waals surface area contributed by atoms with Crippen molar-refractivity contribution in [2.24, 2.45) is 10.9 Å². The Morgan fingerprint density at radius 2 is 2.12 bits per heavy atom. The van der Waals surface area contributed by atoms with Crippen LogP contribution in [0.4, 0.5) is 0 Å². The summed E-state index contributed by atoms with van der Waals surface area (Å²) in [6.07, 6.45) is 4.27. The number of ether oxygens (including phenoxy) is 2. The third-order valence-electron chi connectivity index (χ3n) is 4.42. The molecule has 6 heteroatoms. The van der Waals surface area contributed by atoms with E-state index in [1.807, 2.05) is 38.1 Å². The standard InChI is InChI=1S/C20H26N2O3S/c1-4-24-16-9-8-15(17(12-16)25-5-2)11-18-19(23)21-20(26-18)22-10-6-7-14(3)13-22/h8-9,11-12,14H,4-7,10,13H2,1-3H3/b18-11-/t14-/m1/s1. The molecule has 0 radical (unpaired) electrons. The Morgan fingerprint density at radius 3 is 2.85 bits per heavy atom. The Hall–Kier alpha value is -1.95. The highest BCUT2D eigenvalue weighted by Crippen LogP contribution is 2.35. The SMILES string of the molecule is CCOc1ccc(/C=C2\SC(N3CCC[C@@H](C)C3)=NC2=O)c(OCC)c1. The number of hydrogen-bond acceptors (Lipinski definition) is 5. The van der Waals surface area contributed by atoms with Crippen molar-refractivity contribution in [3.63, 3.8) is 0 Å². The van der Waals surface area contributed by atoms with Crippen LogP contribution in [0, 0.1) is 5.92 Å². The maximum Gasteiger partial charge on any atom is 0.286 e. The van der Waals surface area contributed by atoms with E-state index in [9.17, 15) is 4.79 Å². The molecule has 1 aromatic rings. The van der Waals surface area contributed by atoms with E-state index in [0.29, 0.717) is 24.0 Å². The number of rotatable bonds is 5. The van der Waals surface area contributed by atoms with Crippen LogP contribution in [0.1, 0.15) is 39.2 Å². The zero-order valence-corrected chi connectivity index (χ0v) is 16.5. The van der Waals surface area contributed by atoms with Crippen molar-refractivity contribution in [1.82, 2.24) is 4.90 Å². The monoisotopic (exact) mass is 374 g/mol. The van der Waals surface area contributed by atoms with Crippen LogP contribution in [0.2, 0.25) is 0 Å². The largest absolute Gasteiger partial charge is 0.494 e. The molecule has 140 valence electrons. The second-order valence-corrected chi connectivity index (χ2v) is 7.58. The van der Waals surface area contributed by atoms with Gasteiger partial charge in [0.1, 0.15) is 11.5 Å². The molecule has 0 N–H and O–H groups in total. The molecule has 3 rings (SSSR count). The number of benzene rings is 1. The molecule has 1 saturated heterocycles. The van der Waals surface area contributed by atoms with E-state index in [0.717, 1.165) is 41.7 Å². The van der Waals surface area contributed by atoms with Gasteiger partial charge in [-0.1, -0.05) is 6.92 Å². The maximum atomic E-state index is 12.4. The van der Waals surface area contributed by atoms with Gasteiger partial charge in [-0.2, -0.15) is 4.99 Å². The Bertz CT molecular complexity index is 730. The number of amidine groups is 1. The summed E-state index contributed by atoms with van der Waals surface area (Å²) in [6, 6.07) is 5.70. The number of amides is 1. The van der Waals surface area contributed by atoms with Crippen molar-refractivity contribution in [3.05, 3.63) is 28.7 Å². The fourth-order valence-corrected chi connectivity index (χ4v) is 4.15. The molecular formula is C20H26N2O3S. The van der Waals surface area contributed by atoms with Crippen LogP contribution < -0.4 is 9.47 Å². The second kappa shape index (κ2) is 8.62. The summed E-state index contributed by atoms with van der Waals surface area (Å²) in [7, 11) is 0. The zero-order chi connectivity index (χ0) is 18.5. The third-order valence-corrected chi connectivity index (χ3v) is 5.46. The van der Waals surface area contributed by atoms with Gasteiger partial charge >= 0.3 is 0 Å². The van der Waals surface area contributed by atoms with E-state index in [4.69, 9.17) is 9.47 Å². The van der Waals surface area contributed by atoms with Gasteiger partial charge in [-0.15, -0.1) is 0 Å². The molecule has 1 atom stereocenters. The quantitative estimate of drug-likeness (QED) is 0.724. The van der Waals surface area contributed by atoms with Crippen molar-refractivity contribution in [2.75, 3.05) is 26.3 Å². The number of thioether (sulfide) groups is 1. The molecule has 0 saturated carbocycles. The van der Waals surface area contributed by atoms with E-state index < -0.39 is 0 Å². The van der Waals surface area contributed by atoms with Gasteiger partial charge in [0.25, 0.3) is 5.91 Å². The molecular weight excluding hydrogens is 348 g/mol. The molecule has 1 amide bonds. The van der Waals surface area contributed by atoms with Gasteiger partial charge in [-0.05, 0) is 62.6 Å². The molecule has 2 aliphatic heterocycles. The van der Waals surface area contributed by atoms with Crippen LogP contribution in [0.5, 0.6) is 11.5 Å². The van der Waals surface area contributed by atoms with Crippen LogP contribution in [0.25, 0.3) is 6.08 Å². The minimum atomic E-state index is -0.167. The third kappa shape index (κ3) is 4.41. The molecule has 5 nitrogen and oxygen atoms in total. The Labute approximate surface area is 159 Å². The molecule has 0 spiro atoms. The van der Waals surface area contributed by atoms with E-state index in [-0.39, 0.29) is 5.91 Å². The number of carbonyl (C=O) groups is 1. The molecule has 1 fully saturated rings. The molecule has 0 bridgehead atoms. The Kier molecular flexibility index (Phi) is 6.25. The van der Waals surface area contributed by atoms with Crippen molar-refractivity contribution in [2.45, 2.75) is 33.6 Å². The normalized spacial score (nSPS) is 21.9. The second-order valence-electron chi connectivity index (χ2n) is 6.57. The number of carbonyl (C=O) groups excluding carboxylic acids is 1. The lowest BCUT2D eigenvalue weighted by atomic mass is 10.0. The number of likely N-dealkylation sites (tertiary alicyclic amines) is 1. The van der Waals surface area contributed by atoms with Crippen LogP contribution in [0.15, 0.2) is 28.1 Å². The summed E-state index contributed by atoms with van der Waals surface area (Å²) in [5.74, 6) is 1.97. The van der Waals surface area contributed by atoms with Gasteiger partial charge in [0.15, 0.2) is 5.17 Å². The lowest BCUT2D eigenvalue weighted by Gasteiger charge is -2.31. The highest BCUT2D eigenvalue weighted by molar-refractivity contribution is 8.18. The number of piperidine rings is 1. The summed E-state index contributed by atoms with van der Waals surface area (Å²) in [5, 5.41) is 0.830. The van der Waals surface area contributed by atoms with Gasteiger partial charge in [0.05, 0.1) is 18.1 Å². The minimum Gasteiger partial charge on any atom is -0.494 e. The topological polar surface area (TPSA) is 51.1 Å². The number of aliphatic imine (C=N–C) groups is 1. The Balaban J connectivity index is 1.79. The first-order valence-electron chi connectivity index (χ1n) is 9.27. The van der Waals surface area contributed by atoms with Crippen LogP contribution >= 0.6 is 11.8 Å². The average molecular weight is 375 g/mol. The number of nitrogens with zero attached hydrogens (tertiary/aromatic N) is 2. The summed E-state index contributed by atoms with van der Waals surface area (Å²) in [6.45, 7) is 9.25. The molecule has 26 heavy (non-hydrogen) atoms. The highest BCUT2D eigenvalue weighted by atomic mass is 32.2. The predicted molar refractivity (Wildman–Crippen MR) is 107 cm³/mol. The van der Waals surface area contributed by atoms with E-state index in [1.165, 1.54) is 18.2 Å². The minimum absolute atomic E-state index is 0.167. The first kappa shape index (κ1) is 18.8. The maximum absolute atomic E-state index is 12.4. The number of hydrogen-bond donors (Lipinski definition) is 0. The molecule has 2 aliphatic rings. The van der Waals surface area contributed by atoms with Crippen molar-refractivity contribution in [3.8, 4) is 11.5 Å². The van der Waals surface area contributed by atoms with Gasteiger partial charge in [0.2, 0.25) is 0 Å². The van der Waals surface area contributed by atoms with Crippen molar-refractivity contribution >= 4 is 28.9 Å². The first-order chi connectivity index (χ1) is 12.6. The molecule has 0 unspecified atom stereocenters. The van der Waals surface area contributed by atoms with E-state index in [2.05, 4.69) is 16.8 Å². The lowest BCUT2D eigenvalue weighted by Crippen LogP contribution is -2.37. The molecule has 2 heterocycles. The smallest absolute Gasteiger partial charge is 0.286 e. The van der Waals surface area contributed by atoms with Gasteiger partial charge < -0.3 is 14.4 Å². The van der Waals surface area contributed by atoms with Gasteiger partial charge in [-0.3, -0.25) is 4.79 Å². The van der Waals surface area contributed by atoms with Crippen LogP contribution in [-0.4, -0.2) is 42.3 Å².